The summed E-state index contributed by atoms with van der Waals surface area (Å²) in [6, 6.07) is 9.03. The van der Waals surface area contributed by atoms with E-state index in [0.29, 0.717) is 12.3 Å². The third-order valence-electron chi connectivity index (χ3n) is 3.68. The van der Waals surface area contributed by atoms with Crippen molar-refractivity contribution < 1.29 is 23.8 Å². The van der Waals surface area contributed by atoms with E-state index in [9.17, 15) is 14.3 Å². The molecule has 2 saturated heterocycles. The first kappa shape index (κ1) is 14.2. The molecule has 3 atom stereocenters. The molecular weight excluding hydrogens is 279 g/mol. The number of morpholine rings is 1. The molecule has 3 unspecified atom stereocenters. The number of hydrogen-bond donors (Lipinski definition) is 1. The van der Waals surface area contributed by atoms with E-state index in [-0.39, 0.29) is 19.7 Å². The lowest BCUT2D eigenvalue weighted by atomic mass is 10.2. The Balaban J connectivity index is 1.69. The Morgan fingerprint density at radius 3 is 2.81 bits per heavy atom. The lowest BCUT2D eigenvalue weighted by Gasteiger charge is -2.35. The zero-order valence-corrected chi connectivity index (χ0v) is 11.4. The topological polar surface area (TPSA) is 62.2 Å². The van der Waals surface area contributed by atoms with Gasteiger partial charge in [0.25, 0.3) is 0 Å². The molecular formula is C14H17FN2O4. The fraction of sp³-hybridized carbons (Fsp3) is 0.500. The fourth-order valence-electron chi connectivity index (χ4n) is 2.56. The maximum absolute atomic E-state index is 13.8. The Labute approximate surface area is 121 Å². The van der Waals surface area contributed by atoms with Gasteiger partial charge in [0, 0.05) is 12.2 Å². The van der Waals surface area contributed by atoms with Gasteiger partial charge in [-0.2, -0.15) is 0 Å². The summed E-state index contributed by atoms with van der Waals surface area (Å²) in [5, 5.41) is 10.3. The van der Waals surface area contributed by atoms with E-state index in [1.165, 1.54) is 9.80 Å². The number of aliphatic hydroxyl groups is 1. The number of nitrogens with zero attached hydrogens (tertiary/aromatic N) is 2. The zero-order valence-electron chi connectivity index (χ0n) is 11.4. The van der Waals surface area contributed by atoms with Gasteiger partial charge in [-0.15, -0.1) is 0 Å². The van der Waals surface area contributed by atoms with E-state index in [2.05, 4.69) is 0 Å². The number of aliphatic hydroxyl groups excluding tert-OH is 1. The van der Waals surface area contributed by atoms with Gasteiger partial charge in [-0.3, -0.25) is 4.90 Å². The van der Waals surface area contributed by atoms with Crippen LogP contribution in [0.25, 0.3) is 0 Å². The molecule has 0 spiro atoms. The van der Waals surface area contributed by atoms with Crippen molar-refractivity contribution in [1.82, 2.24) is 4.90 Å². The van der Waals surface area contributed by atoms with E-state index in [1.54, 1.807) is 12.1 Å². The number of ether oxygens (including phenoxy) is 2. The number of para-hydroxylation sites is 1. The van der Waals surface area contributed by atoms with Crippen molar-refractivity contribution in [2.45, 2.75) is 18.6 Å². The standard InChI is InChI=1S/C14H17FN2O4/c15-12-9-20-7-6-16(12)13(18)11-8-17(14(19)21-11)10-4-2-1-3-5-10/h1-5,11-13,18H,6-9H2. The van der Waals surface area contributed by atoms with Gasteiger partial charge in [0.1, 0.15) is 6.23 Å². The molecule has 2 aliphatic heterocycles. The fourth-order valence-corrected chi connectivity index (χ4v) is 2.56. The van der Waals surface area contributed by atoms with Gasteiger partial charge in [0.2, 0.25) is 0 Å². The van der Waals surface area contributed by atoms with Crippen molar-refractivity contribution in [3.8, 4) is 0 Å². The molecule has 0 aliphatic carbocycles. The van der Waals surface area contributed by atoms with Crippen molar-refractivity contribution in [3.05, 3.63) is 30.3 Å². The molecule has 6 nitrogen and oxygen atoms in total. The second kappa shape index (κ2) is 5.97. The maximum atomic E-state index is 13.8. The molecule has 1 N–H and O–H groups in total. The number of alkyl halides is 1. The molecule has 0 radical (unpaired) electrons. The Morgan fingerprint density at radius 2 is 2.10 bits per heavy atom. The molecule has 21 heavy (non-hydrogen) atoms. The molecule has 2 aliphatic rings. The molecule has 1 aromatic carbocycles. The molecule has 0 bridgehead atoms. The summed E-state index contributed by atoms with van der Waals surface area (Å²) in [5.74, 6) is 0. The smallest absolute Gasteiger partial charge is 0.414 e. The van der Waals surface area contributed by atoms with Gasteiger partial charge >= 0.3 is 6.09 Å². The highest BCUT2D eigenvalue weighted by atomic mass is 19.1. The zero-order chi connectivity index (χ0) is 14.8. The van der Waals surface area contributed by atoms with Gasteiger partial charge in [-0.1, -0.05) is 18.2 Å². The lowest BCUT2D eigenvalue weighted by Crippen LogP contribution is -2.53. The monoisotopic (exact) mass is 296 g/mol. The number of hydrogen-bond acceptors (Lipinski definition) is 5. The molecule has 1 aromatic rings. The summed E-state index contributed by atoms with van der Waals surface area (Å²) in [4.78, 5) is 14.6. The highest BCUT2D eigenvalue weighted by molar-refractivity contribution is 5.89. The Bertz CT molecular complexity index is 501. The number of anilines is 1. The molecule has 2 heterocycles. The predicted octanol–water partition coefficient (Wildman–Crippen LogP) is 0.958. The quantitative estimate of drug-likeness (QED) is 0.842. The van der Waals surface area contributed by atoms with Crippen LogP contribution in [0.4, 0.5) is 14.9 Å². The lowest BCUT2D eigenvalue weighted by molar-refractivity contribution is -0.162. The van der Waals surface area contributed by atoms with Crippen LogP contribution >= 0.6 is 0 Å². The molecule has 3 rings (SSSR count). The summed E-state index contributed by atoms with van der Waals surface area (Å²) in [6.45, 7) is 0.719. The second-order valence-electron chi connectivity index (χ2n) is 5.03. The van der Waals surface area contributed by atoms with Crippen LogP contribution in [-0.4, -0.2) is 61.0 Å². The summed E-state index contributed by atoms with van der Waals surface area (Å²) in [7, 11) is 0. The van der Waals surface area contributed by atoms with Crippen molar-refractivity contribution in [2.24, 2.45) is 0 Å². The summed E-state index contributed by atoms with van der Waals surface area (Å²) >= 11 is 0. The first-order valence-corrected chi connectivity index (χ1v) is 6.85. The molecule has 7 heteroatoms. The number of amides is 1. The first-order chi connectivity index (χ1) is 10.2. The molecule has 0 aromatic heterocycles. The van der Waals surface area contributed by atoms with E-state index < -0.39 is 24.7 Å². The molecule has 1 amide bonds. The van der Waals surface area contributed by atoms with Crippen LogP contribution in [-0.2, 0) is 9.47 Å². The van der Waals surface area contributed by atoms with Crippen molar-refractivity contribution in [1.29, 1.82) is 0 Å². The minimum Gasteiger partial charge on any atom is -0.440 e. The number of benzene rings is 1. The van der Waals surface area contributed by atoms with Crippen molar-refractivity contribution in [2.75, 3.05) is 31.2 Å². The Hall–Kier alpha value is -1.70. The number of rotatable bonds is 3. The Kier molecular flexibility index (Phi) is 4.05. The minimum atomic E-state index is -1.39. The maximum Gasteiger partial charge on any atom is 0.414 e. The first-order valence-electron chi connectivity index (χ1n) is 6.85. The van der Waals surface area contributed by atoms with Gasteiger partial charge < -0.3 is 14.6 Å². The summed E-state index contributed by atoms with van der Waals surface area (Å²) in [6.07, 6.45) is -3.89. The normalized spacial score (nSPS) is 28.5. The minimum absolute atomic E-state index is 0.0832. The van der Waals surface area contributed by atoms with Crippen LogP contribution in [0, 0.1) is 0 Å². The van der Waals surface area contributed by atoms with Gasteiger partial charge in [-0.05, 0) is 12.1 Å². The molecule has 0 saturated carbocycles. The van der Waals surface area contributed by atoms with Crippen LogP contribution in [0.5, 0.6) is 0 Å². The number of halogens is 1. The van der Waals surface area contributed by atoms with Crippen molar-refractivity contribution in [3.63, 3.8) is 0 Å². The van der Waals surface area contributed by atoms with Gasteiger partial charge in [0.05, 0.1) is 19.8 Å². The number of cyclic esters (lactones) is 1. The van der Waals surface area contributed by atoms with Crippen molar-refractivity contribution >= 4 is 11.8 Å². The van der Waals surface area contributed by atoms with Crippen LogP contribution < -0.4 is 4.90 Å². The van der Waals surface area contributed by atoms with Crippen LogP contribution in [0.1, 0.15) is 0 Å². The SMILES string of the molecule is O=C1OC(C(O)N2CCOCC2F)CN1c1ccccc1. The number of carbonyl (C=O) groups excluding carboxylic acids is 1. The second-order valence-corrected chi connectivity index (χ2v) is 5.03. The number of carbonyl (C=O) groups is 1. The van der Waals surface area contributed by atoms with E-state index in [0.717, 1.165) is 0 Å². The van der Waals surface area contributed by atoms with Gasteiger partial charge in [0.15, 0.2) is 12.4 Å². The van der Waals surface area contributed by atoms with E-state index in [1.807, 2.05) is 18.2 Å². The largest absolute Gasteiger partial charge is 0.440 e. The highest BCUT2D eigenvalue weighted by Crippen LogP contribution is 2.25. The highest BCUT2D eigenvalue weighted by Gasteiger charge is 2.41. The summed E-state index contributed by atoms with van der Waals surface area (Å²) < 4.78 is 23.9. The van der Waals surface area contributed by atoms with Crippen LogP contribution in [0.15, 0.2) is 30.3 Å². The van der Waals surface area contributed by atoms with E-state index in [4.69, 9.17) is 9.47 Å². The average Bonchev–Trinajstić information content (AvgIpc) is 2.90. The van der Waals surface area contributed by atoms with Crippen LogP contribution in [0.2, 0.25) is 0 Å². The van der Waals surface area contributed by atoms with Crippen LogP contribution in [0.3, 0.4) is 0 Å². The van der Waals surface area contributed by atoms with E-state index >= 15 is 0 Å². The third-order valence-corrected chi connectivity index (χ3v) is 3.68. The summed E-state index contributed by atoms with van der Waals surface area (Å²) in [5.41, 5.74) is 0.691. The van der Waals surface area contributed by atoms with Gasteiger partial charge in [-0.25, -0.2) is 14.1 Å². The predicted molar refractivity (Wildman–Crippen MR) is 72.5 cm³/mol. The molecule has 2 fully saturated rings. The Morgan fingerprint density at radius 1 is 1.33 bits per heavy atom. The average molecular weight is 296 g/mol. The molecule has 114 valence electrons. The third kappa shape index (κ3) is 2.85.